The van der Waals surface area contributed by atoms with Crippen molar-refractivity contribution in [3.05, 3.63) is 64.3 Å². The van der Waals surface area contributed by atoms with Gasteiger partial charge in [0.25, 0.3) is 0 Å². The van der Waals surface area contributed by atoms with Crippen LogP contribution >= 0.6 is 11.6 Å². The summed E-state index contributed by atoms with van der Waals surface area (Å²) in [6.07, 6.45) is 0. The van der Waals surface area contributed by atoms with Crippen LogP contribution in [0.3, 0.4) is 0 Å². The Hall–Kier alpha value is -2.47. The molecule has 1 heterocycles. The first-order chi connectivity index (χ1) is 10.5. The number of nitrogens with zero attached hydrogens (tertiary/aromatic N) is 2. The van der Waals surface area contributed by atoms with E-state index in [4.69, 9.17) is 11.6 Å². The standard InChI is InChI=1S/C15H9ClF2N2O2/c16-9-2-4-13-11(5-9)14(15(21)22)19-20(13)7-8-1-3-10(17)6-12(8)18/h1-6H,7H2,(H,21,22). The SMILES string of the molecule is O=C(O)c1nn(Cc2ccc(F)cc2F)c2ccc(Cl)cc12. The second-order valence-corrected chi connectivity index (χ2v) is 5.15. The topological polar surface area (TPSA) is 55.1 Å². The summed E-state index contributed by atoms with van der Waals surface area (Å²) in [6, 6.07) is 7.90. The molecule has 3 rings (SSSR count). The number of aromatic nitrogens is 2. The highest BCUT2D eigenvalue weighted by Crippen LogP contribution is 2.24. The van der Waals surface area contributed by atoms with Crippen LogP contribution in [-0.2, 0) is 6.54 Å². The molecule has 0 fully saturated rings. The molecule has 1 N–H and O–H groups in total. The zero-order valence-electron chi connectivity index (χ0n) is 11.1. The molecule has 1 aromatic heterocycles. The van der Waals surface area contributed by atoms with E-state index in [1.54, 1.807) is 12.1 Å². The van der Waals surface area contributed by atoms with Crippen LogP contribution in [0.15, 0.2) is 36.4 Å². The molecule has 0 aliphatic rings. The third kappa shape index (κ3) is 2.53. The van der Waals surface area contributed by atoms with E-state index in [1.807, 2.05) is 0 Å². The number of benzene rings is 2. The smallest absolute Gasteiger partial charge is 0.357 e. The van der Waals surface area contributed by atoms with Crippen LogP contribution in [0, 0.1) is 11.6 Å². The van der Waals surface area contributed by atoms with E-state index in [-0.39, 0.29) is 17.8 Å². The first kappa shape index (κ1) is 14.5. The Morgan fingerprint density at radius 3 is 2.68 bits per heavy atom. The molecule has 0 atom stereocenters. The second kappa shape index (κ2) is 5.38. The molecular formula is C15H9ClF2N2O2. The van der Waals surface area contributed by atoms with E-state index in [0.29, 0.717) is 15.9 Å². The van der Waals surface area contributed by atoms with Gasteiger partial charge in [-0.2, -0.15) is 5.10 Å². The largest absolute Gasteiger partial charge is 0.476 e. The van der Waals surface area contributed by atoms with Crippen LogP contribution in [0.2, 0.25) is 5.02 Å². The maximum absolute atomic E-state index is 13.7. The van der Waals surface area contributed by atoms with Gasteiger partial charge in [0, 0.05) is 22.0 Å². The number of carboxylic acid groups (broad SMARTS) is 1. The van der Waals surface area contributed by atoms with Crippen molar-refractivity contribution < 1.29 is 18.7 Å². The molecule has 0 amide bonds. The number of rotatable bonds is 3. The molecule has 22 heavy (non-hydrogen) atoms. The predicted octanol–water partition coefficient (Wildman–Crippen LogP) is 3.71. The normalized spacial score (nSPS) is 11.0. The van der Waals surface area contributed by atoms with E-state index in [0.717, 1.165) is 12.1 Å². The summed E-state index contributed by atoms with van der Waals surface area (Å²) in [6.45, 7) is -0.0163. The lowest BCUT2D eigenvalue weighted by Gasteiger charge is -2.05. The first-order valence-corrected chi connectivity index (χ1v) is 6.67. The van der Waals surface area contributed by atoms with E-state index < -0.39 is 17.6 Å². The van der Waals surface area contributed by atoms with Crippen LogP contribution < -0.4 is 0 Å². The van der Waals surface area contributed by atoms with E-state index in [1.165, 1.54) is 16.8 Å². The molecule has 0 radical (unpaired) electrons. The summed E-state index contributed by atoms with van der Waals surface area (Å²) in [5, 5.41) is 13.9. The van der Waals surface area contributed by atoms with E-state index in [2.05, 4.69) is 5.10 Å². The molecular weight excluding hydrogens is 314 g/mol. The number of hydrogen-bond donors (Lipinski definition) is 1. The fourth-order valence-electron chi connectivity index (χ4n) is 2.24. The molecule has 0 spiro atoms. The van der Waals surface area contributed by atoms with E-state index >= 15 is 0 Å². The van der Waals surface area contributed by atoms with Crippen LogP contribution in [0.4, 0.5) is 8.78 Å². The zero-order valence-corrected chi connectivity index (χ0v) is 11.8. The van der Waals surface area contributed by atoms with Gasteiger partial charge >= 0.3 is 5.97 Å². The lowest BCUT2D eigenvalue weighted by atomic mass is 10.2. The molecule has 0 unspecified atom stereocenters. The molecule has 0 saturated heterocycles. The van der Waals surface area contributed by atoms with Crippen molar-refractivity contribution in [2.24, 2.45) is 0 Å². The Labute approximate surface area is 128 Å². The van der Waals surface area contributed by atoms with Crippen LogP contribution in [0.25, 0.3) is 10.9 Å². The Kier molecular flexibility index (Phi) is 3.54. The van der Waals surface area contributed by atoms with Crippen molar-refractivity contribution in [3.63, 3.8) is 0 Å². The molecule has 0 aliphatic carbocycles. The number of hydrogen-bond acceptors (Lipinski definition) is 2. The summed E-state index contributed by atoms with van der Waals surface area (Å²) in [7, 11) is 0. The minimum atomic E-state index is -1.20. The molecule has 0 aliphatic heterocycles. The molecule has 7 heteroatoms. The minimum absolute atomic E-state index is 0.0163. The summed E-state index contributed by atoms with van der Waals surface area (Å²) >= 11 is 5.88. The van der Waals surface area contributed by atoms with Crippen LogP contribution in [0.5, 0.6) is 0 Å². The fraction of sp³-hybridized carbons (Fsp3) is 0.0667. The summed E-state index contributed by atoms with van der Waals surface area (Å²) in [4.78, 5) is 11.3. The van der Waals surface area contributed by atoms with Crippen molar-refractivity contribution in [3.8, 4) is 0 Å². The van der Waals surface area contributed by atoms with Gasteiger partial charge in [0.2, 0.25) is 0 Å². The van der Waals surface area contributed by atoms with Crippen LogP contribution in [-0.4, -0.2) is 20.9 Å². The minimum Gasteiger partial charge on any atom is -0.476 e. The lowest BCUT2D eigenvalue weighted by molar-refractivity contribution is 0.0691. The number of aromatic carboxylic acids is 1. The Morgan fingerprint density at radius 1 is 1.23 bits per heavy atom. The quantitative estimate of drug-likeness (QED) is 0.799. The van der Waals surface area contributed by atoms with Gasteiger partial charge in [-0.1, -0.05) is 17.7 Å². The highest BCUT2D eigenvalue weighted by molar-refractivity contribution is 6.31. The molecule has 2 aromatic carbocycles. The highest BCUT2D eigenvalue weighted by Gasteiger charge is 2.17. The molecule has 4 nitrogen and oxygen atoms in total. The Morgan fingerprint density at radius 2 is 2.00 bits per heavy atom. The van der Waals surface area contributed by atoms with Gasteiger partial charge in [-0.15, -0.1) is 0 Å². The fourth-order valence-corrected chi connectivity index (χ4v) is 2.41. The monoisotopic (exact) mass is 322 g/mol. The lowest BCUT2D eigenvalue weighted by Crippen LogP contribution is -2.06. The van der Waals surface area contributed by atoms with Crippen molar-refractivity contribution in [2.75, 3.05) is 0 Å². The third-order valence-corrected chi connectivity index (χ3v) is 3.49. The number of carboxylic acids is 1. The molecule has 0 saturated carbocycles. The van der Waals surface area contributed by atoms with Crippen molar-refractivity contribution in [1.82, 2.24) is 9.78 Å². The second-order valence-electron chi connectivity index (χ2n) is 4.71. The maximum Gasteiger partial charge on any atom is 0.357 e. The van der Waals surface area contributed by atoms with Crippen molar-refractivity contribution >= 4 is 28.5 Å². The first-order valence-electron chi connectivity index (χ1n) is 6.29. The van der Waals surface area contributed by atoms with Gasteiger partial charge in [0.1, 0.15) is 11.6 Å². The predicted molar refractivity (Wildman–Crippen MR) is 77.2 cm³/mol. The number of carbonyl (C=O) groups is 1. The van der Waals surface area contributed by atoms with E-state index in [9.17, 15) is 18.7 Å². The number of fused-ring (bicyclic) bond motifs is 1. The summed E-state index contributed by atoms with van der Waals surface area (Å²) in [5.74, 6) is -2.59. The highest BCUT2D eigenvalue weighted by atomic mass is 35.5. The van der Waals surface area contributed by atoms with Gasteiger partial charge in [-0.25, -0.2) is 13.6 Å². The van der Waals surface area contributed by atoms with Gasteiger partial charge in [0.05, 0.1) is 12.1 Å². The van der Waals surface area contributed by atoms with Crippen molar-refractivity contribution in [2.45, 2.75) is 6.54 Å². The van der Waals surface area contributed by atoms with Crippen LogP contribution in [0.1, 0.15) is 16.1 Å². The average molecular weight is 323 g/mol. The summed E-state index contributed by atoms with van der Waals surface area (Å²) in [5.41, 5.74) is 0.545. The Bertz CT molecular complexity index is 893. The summed E-state index contributed by atoms with van der Waals surface area (Å²) < 4.78 is 28.0. The van der Waals surface area contributed by atoms with Gasteiger partial charge < -0.3 is 5.11 Å². The number of halogens is 3. The van der Waals surface area contributed by atoms with Gasteiger partial charge in [-0.3, -0.25) is 4.68 Å². The third-order valence-electron chi connectivity index (χ3n) is 3.25. The molecule has 0 bridgehead atoms. The van der Waals surface area contributed by atoms with Crippen molar-refractivity contribution in [1.29, 1.82) is 0 Å². The molecule has 112 valence electrons. The Balaban J connectivity index is 2.13. The molecule has 3 aromatic rings. The maximum atomic E-state index is 13.7. The zero-order chi connectivity index (χ0) is 15.9. The average Bonchev–Trinajstić information content (AvgIpc) is 2.80. The van der Waals surface area contributed by atoms with Gasteiger partial charge in [0.15, 0.2) is 5.69 Å². The van der Waals surface area contributed by atoms with Gasteiger partial charge in [-0.05, 0) is 24.3 Å².